The second-order valence-electron chi connectivity index (χ2n) is 10.3. The number of halogens is 21. The van der Waals surface area contributed by atoms with E-state index >= 15 is 0 Å². The Morgan fingerprint density at radius 3 is 1.21 bits per heavy atom. The summed E-state index contributed by atoms with van der Waals surface area (Å²) in [5.41, 5.74) is -1.78. The predicted octanol–water partition coefficient (Wildman–Crippen LogP) is 6.58. The minimum atomic E-state index is -9.28. The number of alkyl halides is 21. The summed E-state index contributed by atoms with van der Waals surface area (Å²) >= 11 is 0. The Labute approximate surface area is 255 Å². The maximum absolute atomic E-state index is 14.0. The van der Waals surface area contributed by atoms with Gasteiger partial charge in [0.2, 0.25) is 5.91 Å². The fraction of sp³-hybridized carbons (Fsp3) is 0.947. The highest BCUT2D eigenvalue weighted by Crippen LogP contribution is 2.66. The van der Waals surface area contributed by atoms with Gasteiger partial charge in [0.15, 0.2) is 0 Å². The largest absolute Gasteiger partial charge is 0.460 e. The Hall–Kier alpha value is -1.94. The standard InChI is InChI=1S/C19H18F21NO5S2/c1-9(2,7-48(44,45)46)41-8(42)3-5-47(43)6-4-10(20,21)11(22,23)12(24,25)13(26,27)14(28,29)15(30,31)16(32,33)17(34,35)18(36,37)19(38,39)40/h3-7H2,1-2H3,(H,41,42)(H,44,45,46). The summed E-state index contributed by atoms with van der Waals surface area (Å²) in [5, 5.41) is 1.87. The molecular formula is C19H18F21NO5S2. The van der Waals surface area contributed by atoms with Crippen LogP contribution in [0.3, 0.4) is 0 Å². The van der Waals surface area contributed by atoms with Gasteiger partial charge < -0.3 is 5.32 Å². The molecule has 0 aromatic rings. The Kier molecular flexibility index (Phi) is 12.5. The molecule has 48 heavy (non-hydrogen) atoms. The van der Waals surface area contributed by atoms with Crippen LogP contribution in [0.2, 0.25) is 0 Å². The lowest BCUT2D eigenvalue weighted by Gasteiger charge is -2.44. The molecule has 0 aliphatic carbocycles. The van der Waals surface area contributed by atoms with Crippen LogP contribution in [0.1, 0.15) is 26.7 Å². The molecule has 0 fully saturated rings. The number of hydrogen-bond acceptors (Lipinski definition) is 4. The van der Waals surface area contributed by atoms with Crippen molar-refractivity contribution in [1.82, 2.24) is 5.32 Å². The highest BCUT2D eigenvalue weighted by Gasteiger charge is 2.97. The summed E-state index contributed by atoms with van der Waals surface area (Å²) in [6.45, 7) is 1.94. The van der Waals surface area contributed by atoms with Gasteiger partial charge in [-0.05, 0) is 13.8 Å². The van der Waals surface area contributed by atoms with Crippen molar-refractivity contribution in [3.05, 3.63) is 0 Å². The van der Waals surface area contributed by atoms with Crippen molar-refractivity contribution in [3.8, 4) is 0 Å². The molecule has 0 saturated heterocycles. The summed E-state index contributed by atoms with van der Waals surface area (Å²) in [6.07, 6.45) is -12.3. The van der Waals surface area contributed by atoms with Gasteiger partial charge in [0.05, 0.1) is 11.3 Å². The fourth-order valence-electron chi connectivity index (χ4n) is 3.23. The van der Waals surface area contributed by atoms with Crippen molar-refractivity contribution < 1.29 is 114 Å². The van der Waals surface area contributed by atoms with Gasteiger partial charge in [-0.25, -0.2) is 0 Å². The zero-order chi connectivity index (χ0) is 39.4. The lowest BCUT2D eigenvalue weighted by Crippen LogP contribution is -2.76. The quantitative estimate of drug-likeness (QED) is 0.128. The number of amides is 1. The molecule has 1 atom stereocenters. The van der Waals surface area contributed by atoms with Crippen LogP contribution in [-0.2, 0) is 25.7 Å². The molecule has 0 bridgehead atoms. The first-order chi connectivity index (χ1) is 20.5. The number of rotatable bonds is 17. The zero-order valence-electron chi connectivity index (χ0n) is 22.9. The maximum Gasteiger partial charge on any atom is 0.460 e. The second kappa shape index (κ2) is 13.0. The molecule has 2 N–H and O–H groups in total. The molecule has 0 radical (unpaired) electrons. The van der Waals surface area contributed by atoms with Crippen LogP contribution in [0, 0.1) is 0 Å². The molecule has 1 amide bonds. The molecule has 6 nitrogen and oxygen atoms in total. The maximum atomic E-state index is 14.0. The van der Waals surface area contributed by atoms with E-state index in [4.69, 9.17) is 4.55 Å². The van der Waals surface area contributed by atoms with Gasteiger partial charge in [0.25, 0.3) is 10.1 Å². The van der Waals surface area contributed by atoms with Crippen LogP contribution >= 0.6 is 0 Å². The topological polar surface area (TPSA) is 101 Å². The summed E-state index contributed by atoms with van der Waals surface area (Å²) < 4.78 is 324. The van der Waals surface area contributed by atoms with Gasteiger partial charge >= 0.3 is 59.5 Å². The Morgan fingerprint density at radius 2 is 0.896 bits per heavy atom. The van der Waals surface area contributed by atoms with Gasteiger partial charge in [0, 0.05) is 35.1 Å². The minimum absolute atomic E-state index is 0.970. The molecule has 0 spiro atoms. The van der Waals surface area contributed by atoms with E-state index in [-0.39, 0.29) is 0 Å². The Morgan fingerprint density at radius 1 is 0.583 bits per heavy atom. The van der Waals surface area contributed by atoms with Crippen molar-refractivity contribution in [2.75, 3.05) is 17.3 Å². The third-order valence-electron chi connectivity index (χ3n) is 5.80. The highest BCUT2D eigenvalue weighted by atomic mass is 32.2. The van der Waals surface area contributed by atoms with Gasteiger partial charge in [0.1, 0.15) is 0 Å². The van der Waals surface area contributed by atoms with E-state index in [1.165, 1.54) is 0 Å². The first kappa shape index (κ1) is 46.1. The van der Waals surface area contributed by atoms with Crippen LogP contribution in [0.15, 0.2) is 0 Å². The van der Waals surface area contributed by atoms with Gasteiger partial charge in [-0.1, -0.05) is 0 Å². The molecular weight excluding hydrogens is 785 g/mol. The van der Waals surface area contributed by atoms with Crippen molar-refractivity contribution in [1.29, 1.82) is 0 Å². The monoisotopic (exact) mass is 803 g/mol. The van der Waals surface area contributed by atoms with Gasteiger partial charge in [-0.3, -0.25) is 13.6 Å². The molecule has 0 aromatic carbocycles. The normalized spacial score (nSPS) is 16.6. The van der Waals surface area contributed by atoms with Crippen LogP contribution in [0.5, 0.6) is 0 Å². The molecule has 288 valence electrons. The summed E-state index contributed by atoms with van der Waals surface area (Å²) in [5.74, 6) is -83.9. The van der Waals surface area contributed by atoms with Crippen molar-refractivity contribution >= 4 is 26.8 Å². The zero-order valence-corrected chi connectivity index (χ0v) is 24.5. The van der Waals surface area contributed by atoms with Crippen LogP contribution < -0.4 is 5.32 Å². The molecule has 0 saturated carbocycles. The van der Waals surface area contributed by atoms with Crippen LogP contribution in [-0.4, -0.2) is 105 Å². The minimum Gasteiger partial charge on any atom is -0.350 e. The molecule has 29 heteroatoms. The first-order valence-electron chi connectivity index (χ1n) is 11.5. The van der Waals surface area contributed by atoms with E-state index < -0.39 is 122 Å². The molecule has 0 aliphatic rings. The number of carbonyl (C=O) groups excluding carboxylic acids is 1. The lowest BCUT2D eigenvalue weighted by molar-refractivity contribution is -0.474. The molecule has 0 aromatic heterocycles. The average Bonchev–Trinajstić information content (AvgIpc) is 2.82. The first-order valence-corrected chi connectivity index (χ1v) is 14.6. The molecule has 1 unspecified atom stereocenters. The Bertz CT molecular complexity index is 1310. The van der Waals surface area contributed by atoms with E-state index in [1.54, 1.807) is 0 Å². The van der Waals surface area contributed by atoms with E-state index in [0.29, 0.717) is 0 Å². The molecule has 0 aliphatic heterocycles. The number of hydrogen-bond donors (Lipinski definition) is 2. The number of carbonyl (C=O) groups is 1. The van der Waals surface area contributed by atoms with Crippen LogP contribution in [0.25, 0.3) is 0 Å². The summed E-state index contributed by atoms with van der Waals surface area (Å²) in [4.78, 5) is 11.8. The van der Waals surface area contributed by atoms with Gasteiger partial charge in [-0.2, -0.15) is 101 Å². The smallest absolute Gasteiger partial charge is 0.350 e. The summed E-state index contributed by atoms with van der Waals surface area (Å²) in [7, 11) is -7.81. The third kappa shape index (κ3) is 8.00. The third-order valence-corrected chi connectivity index (χ3v) is 8.20. The van der Waals surface area contributed by atoms with Gasteiger partial charge in [-0.15, -0.1) is 0 Å². The number of nitrogens with one attached hydrogen (secondary N) is 1. The van der Waals surface area contributed by atoms with Crippen LogP contribution in [0.4, 0.5) is 92.2 Å². The highest BCUT2D eigenvalue weighted by molar-refractivity contribution is 7.85. The fourth-order valence-corrected chi connectivity index (χ4v) is 5.32. The van der Waals surface area contributed by atoms with E-state index in [2.05, 4.69) is 0 Å². The van der Waals surface area contributed by atoms with E-state index in [1.807, 2.05) is 5.32 Å². The Balaban J connectivity index is 6.29. The van der Waals surface area contributed by atoms with E-state index in [9.17, 15) is 110 Å². The van der Waals surface area contributed by atoms with Crippen molar-refractivity contribution in [2.24, 2.45) is 0 Å². The molecule has 0 heterocycles. The second-order valence-corrected chi connectivity index (χ2v) is 13.5. The predicted molar refractivity (Wildman–Crippen MR) is 116 cm³/mol. The van der Waals surface area contributed by atoms with Crippen molar-refractivity contribution in [3.63, 3.8) is 0 Å². The SMILES string of the molecule is CC(C)(CS(=O)(=O)O)NC(=O)CCS(=O)CCC(F)(F)C(F)(F)C(F)(F)C(F)(F)C(F)(F)C(F)(F)C(F)(F)C(F)(F)C(F)(F)C(F)(F)F. The summed E-state index contributed by atoms with van der Waals surface area (Å²) in [6, 6.07) is 0. The van der Waals surface area contributed by atoms with E-state index in [0.717, 1.165) is 13.8 Å². The molecule has 0 rings (SSSR count). The average molecular weight is 803 g/mol. The van der Waals surface area contributed by atoms with Crippen molar-refractivity contribution in [2.45, 2.75) is 91.7 Å². The lowest BCUT2D eigenvalue weighted by atomic mass is 9.86.